The third-order valence-corrected chi connectivity index (χ3v) is 5.03. The molecule has 0 spiro atoms. The summed E-state index contributed by atoms with van der Waals surface area (Å²) in [6, 6.07) is 6.58. The van der Waals surface area contributed by atoms with Gasteiger partial charge in [0, 0.05) is 38.6 Å². The number of amides is 2. The largest absolute Gasteiger partial charge is 0.365 e. The van der Waals surface area contributed by atoms with Gasteiger partial charge in [-0.05, 0) is 31.0 Å². The van der Waals surface area contributed by atoms with E-state index in [1.54, 1.807) is 40.9 Å². The van der Waals surface area contributed by atoms with E-state index in [0.717, 1.165) is 12.8 Å². The van der Waals surface area contributed by atoms with Crippen LogP contribution in [0.1, 0.15) is 12.8 Å². The second-order valence-corrected chi connectivity index (χ2v) is 7.21. The van der Waals surface area contributed by atoms with Crippen molar-refractivity contribution in [1.82, 2.24) is 29.2 Å². The minimum Gasteiger partial charge on any atom is -0.365 e. The number of nitrogens with one attached hydrogen (secondary N) is 1. The summed E-state index contributed by atoms with van der Waals surface area (Å²) in [7, 11) is 1.62. The van der Waals surface area contributed by atoms with E-state index in [1.807, 2.05) is 6.07 Å². The third kappa shape index (κ3) is 4.00. The fraction of sp³-hybridized carbons (Fsp3) is 0.350. The van der Waals surface area contributed by atoms with Gasteiger partial charge >= 0.3 is 6.03 Å². The smallest absolute Gasteiger partial charge is 0.320 e. The molecule has 1 aliphatic heterocycles. The van der Waals surface area contributed by atoms with Gasteiger partial charge in [0.1, 0.15) is 29.5 Å². The number of halogens is 1. The molecule has 0 saturated carbocycles. The fourth-order valence-electron chi connectivity index (χ4n) is 3.58. The molecular formula is C20H21FN8O. The van der Waals surface area contributed by atoms with Crippen LogP contribution in [-0.2, 0) is 0 Å². The molecule has 9 nitrogen and oxygen atoms in total. The topological polar surface area (TPSA) is 102 Å². The van der Waals surface area contributed by atoms with Gasteiger partial charge in [-0.25, -0.2) is 24.1 Å². The van der Waals surface area contributed by atoms with Gasteiger partial charge < -0.3 is 15.1 Å². The lowest BCUT2D eigenvalue weighted by molar-refractivity contribution is 0.154. The van der Waals surface area contributed by atoms with Gasteiger partial charge in [-0.15, -0.1) is 0 Å². The summed E-state index contributed by atoms with van der Waals surface area (Å²) in [6.45, 7) is 1.24. The van der Waals surface area contributed by atoms with Crippen LogP contribution in [0.15, 0.2) is 36.8 Å². The molecule has 1 aliphatic rings. The first kappa shape index (κ1) is 19.6. The van der Waals surface area contributed by atoms with Crippen molar-refractivity contribution in [3.63, 3.8) is 0 Å². The molecule has 4 heterocycles. The zero-order valence-electron chi connectivity index (χ0n) is 16.5. The maximum absolute atomic E-state index is 13.7. The zero-order chi connectivity index (χ0) is 21.1. The van der Waals surface area contributed by atoms with E-state index in [1.165, 1.54) is 17.2 Å². The molecule has 154 valence electrons. The lowest BCUT2D eigenvalue weighted by Gasteiger charge is -2.35. The fourth-order valence-corrected chi connectivity index (χ4v) is 3.58. The van der Waals surface area contributed by atoms with Crippen LogP contribution in [0.4, 0.5) is 15.0 Å². The highest BCUT2D eigenvalue weighted by atomic mass is 19.1. The lowest BCUT2D eigenvalue weighted by atomic mass is 10.1. The maximum Gasteiger partial charge on any atom is 0.320 e. The van der Waals surface area contributed by atoms with Crippen LogP contribution in [0.3, 0.4) is 0 Å². The highest BCUT2D eigenvalue weighted by Gasteiger charge is 2.26. The number of urea groups is 1. The molecule has 1 N–H and O–H groups in total. The SMILES string of the molecule is CN(CC#N)C(=O)N1CCCC(Nc2ccnc(-c3cnc4ccc(F)cn34)n2)C1. The van der Waals surface area contributed by atoms with E-state index in [-0.39, 0.29) is 24.4 Å². The summed E-state index contributed by atoms with van der Waals surface area (Å²) in [4.78, 5) is 28.7. The van der Waals surface area contributed by atoms with Crippen LogP contribution < -0.4 is 5.32 Å². The molecule has 1 atom stereocenters. The summed E-state index contributed by atoms with van der Waals surface area (Å²) in [5.74, 6) is 0.677. The van der Waals surface area contributed by atoms with E-state index < -0.39 is 0 Å². The number of pyridine rings is 1. The average Bonchev–Trinajstić information content (AvgIpc) is 3.17. The molecule has 3 aromatic heterocycles. The molecule has 1 saturated heterocycles. The average molecular weight is 408 g/mol. The van der Waals surface area contributed by atoms with Gasteiger partial charge in [0.05, 0.1) is 12.3 Å². The molecule has 0 radical (unpaired) electrons. The summed E-state index contributed by atoms with van der Waals surface area (Å²) in [5.41, 5.74) is 1.20. The Kier molecular flexibility index (Phi) is 5.43. The number of anilines is 1. The Morgan fingerprint density at radius 3 is 3.10 bits per heavy atom. The number of likely N-dealkylation sites (tertiary alicyclic amines) is 1. The second-order valence-electron chi connectivity index (χ2n) is 7.21. The molecule has 0 aromatic carbocycles. The maximum atomic E-state index is 13.7. The molecule has 10 heteroatoms. The number of nitrogens with zero attached hydrogens (tertiary/aromatic N) is 7. The number of nitriles is 1. The quantitative estimate of drug-likeness (QED) is 0.665. The van der Waals surface area contributed by atoms with Crippen molar-refractivity contribution in [2.45, 2.75) is 18.9 Å². The van der Waals surface area contributed by atoms with Gasteiger partial charge in [-0.1, -0.05) is 0 Å². The first-order valence-corrected chi connectivity index (χ1v) is 9.64. The minimum atomic E-state index is -0.371. The van der Waals surface area contributed by atoms with Crippen molar-refractivity contribution in [2.75, 3.05) is 32.0 Å². The van der Waals surface area contributed by atoms with Crippen molar-refractivity contribution in [2.24, 2.45) is 0 Å². The van der Waals surface area contributed by atoms with Crippen LogP contribution in [0.2, 0.25) is 0 Å². The second kappa shape index (κ2) is 8.32. The van der Waals surface area contributed by atoms with E-state index in [9.17, 15) is 9.18 Å². The van der Waals surface area contributed by atoms with Gasteiger partial charge in [0.2, 0.25) is 0 Å². The van der Waals surface area contributed by atoms with Crippen LogP contribution in [0.25, 0.3) is 17.2 Å². The van der Waals surface area contributed by atoms with Crippen LogP contribution >= 0.6 is 0 Å². The molecule has 3 aromatic rings. The number of carbonyl (C=O) groups excluding carboxylic acids is 1. The Morgan fingerprint density at radius 1 is 1.40 bits per heavy atom. The molecule has 4 rings (SSSR count). The molecular weight excluding hydrogens is 387 g/mol. The first-order chi connectivity index (χ1) is 14.5. The summed E-state index contributed by atoms with van der Waals surface area (Å²) < 4.78 is 15.3. The van der Waals surface area contributed by atoms with Crippen molar-refractivity contribution < 1.29 is 9.18 Å². The summed E-state index contributed by atoms with van der Waals surface area (Å²) in [5, 5.41) is 12.2. The van der Waals surface area contributed by atoms with Gasteiger partial charge in [-0.3, -0.25) is 4.40 Å². The normalized spacial score (nSPS) is 16.3. The molecule has 2 amide bonds. The monoisotopic (exact) mass is 408 g/mol. The zero-order valence-corrected chi connectivity index (χ0v) is 16.5. The van der Waals surface area contributed by atoms with Crippen LogP contribution in [0.5, 0.6) is 0 Å². The number of rotatable bonds is 4. The van der Waals surface area contributed by atoms with Gasteiger partial charge in [-0.2, -0.15) is 5.26 Å². The Hall–Kier alpha value is -3.74. The van der Waals surface area contributed by atoms with Crippen molar-refractivity contribution in [1.29, 1.82) is 5.26 Å². The molecule has 1 unspecified atom stereocenters. The number of aromatic nitrogens is 4. The van der Waals surface area contributed by atoms with Crippen molar-refractivity contribution >= 4 is 17.5 Å². The molecule has 30 heavy (non-hydrogen) atoms. The third-order valence-electron chi connectivity index (χ3n) is 5.03. The Morgan fingerprint density at radius 2 is 2.27 bits per heavy atom. The highest BCUT2D eigenvalue weighted by Crippen LogP contribution is 2.21. The number of carbonyl (C=O) groups is 1. The Bertz CT molecular complexity index is 1110. The lowest BCUT2D eigenvalue weighted by Crippen LogP contribution is -2.49. The number of imidazole rings is 1. The van der Waals surface area contributed by atoms with Gasteiger partial charge in [0.15, 0.2) is 5.82 Å². The Balaban J connectivity index is 1.50. The summed E-state index contributed by atoms with van der Waals surface area (Å²) >= 11 is 0. The number of hydrogen-bond donors (Lipinski definition) is 1. The summed E-state index contributed by atoms with van der Waals surface area (Å²) in [6.07, 6.45) is 6.35. The van der Waals surface area contributed by atoms with Crippen molar-refractivity contribution in [3.8, 4) is 17.6 Å². The standard InChI is InChI=1S/C20H21FN8O/c1-27(10-7-22)20(30)28-9-2-3-15(13-28)25-17-6-8-23-19(26-17)16-11-24-18-5-4-14(21)12-29(16)18/h4-6,8,11-12,15H,2-3,9-10,13H2,1H3,(H,23,25,26). The predicted molar refractivity (Wildman–Crippen MR) is 108 cm³/mol. The van der Waals surface area contributed by atoms with E-state index in [2.05, 4.69) is 20.3 Å². The molecule has 0 aliphatic carbocycles. The molecule has 0 bridgehead atoms. The molecule has 1 fully saturated rings. The van der Waals surface area contributed by atoms with Crippen LogP contribution in [-0.4, -0.2) is 67.9 Å². The number of piperidine rings is 1. The van der Waals surface area contributed by atoms with Gasteiger partial charge in [0.25, 0.3) is 0 Å². The van der Waals surface area contributed by atoms with E-state index >= 15 is 0 Å². The highest BCUT2D eigenvalue weighted by molar-refractivity contribution is 5.74. The van der Waals surface area contributed by atoms with E-state index in [4.69, 9.17) is 5.26 Å². The number of hydrogen-bond acceptors (Lipinski definition) is 6. The minimum absolute atomic E-state index is 0.0283. The number of fused-ring (bicyclic) bond motifs is 1. The van der Waals surface area contributed by atoms with Crippen LogP contribution in [0, 0.1) is 17.1 Å². The van der Waals surface area contributed by atoms with E-state index in [0.29, 0.717) is 36.1 Å². The Labute approximate surface area is 172 Å². The van der Waals surface area contributed by atoms with Crippen molar-refractivity contribution in [3.05, 3.63) is 42.6 Å². The predicted octanol–water partition coefficient (Wildman–Crippen LogP) is 2.38. The first-order valence-electron chi connectivity index (χ1n) is 9.64.